The molecule has 1 aromatic carbocycles. The molecule has 1 aliphatic rings. The molecular weight excluding hydrogens is 270 g/mol. The largest absolute Gasteiger partial charge is 0.496 e. The van der Waals surface area contributed by atoms with Crippen LogP contribution in [0.1, 0.15) is 29.8 Å². The summed E-state index contributed by atoms with van der Waals surface area (Å²) in [5.74, 6) is 3.05. The Kier molecular flexibility index (Phi) is 3.79. The molecule has 0 fully saturated rings. The highest BCUT2D eigenvalue weighted by Crippen LogP contribution is 2.34. The van der Waals surface area contributed by atoms with Gasteiger partial charge >= 0.3 is 0 Å². The molecule has 21 heavy (non-hydrogen) atoms. The number of ether oxygens (including phenoxy) is 2. The second kappa shape index (κ2) is 5.73. The van der Waals surface area contributed by atoms with E-state index in [2.05, 4.69) is 28.4 Å². The van der Waals surface area contributed by atoms with E-state index in [0.717, 1.165) is 23.5 Å². The number of hydrogen-bond donors (Lipinski definition) is 1. The summed E-state index contributed by atoms with van der Waals surface area (Å²) in [4.78, 5) is 4.16. The minimum Gasteiger partial charge on any atom is -0.496 e. The molecule has 2 heterocycles. The third-order valence-corrected chi connectivity index (χ3v) is 3.46. The zero-order valence-corrected chi connectivity index (χ0v) is 12.5. The number of hydrogen-bond acceptors (Lipinski definition) is 6. The van der Waals surface area contributed by atoms with Gasteiger partial charge in [0.1, 0.15) is 17.6 Å². The first-order valence-corrected chi connectivity index (χ1v) is 7.02. The van der Waals surface area contributed by atoms with Crippen LogP contribution in [0.2, 0.25) is 0 Å². The molecule has 1 aliphatic heterocycles. The van der Waals surface area contributed by atoms with Gasteiger partial charge in [0, 0.05) is 24.1 Å². The van der Waals surface area contributed by atoms with Crippen molar-refractivity contribution in [1.29, 1.82) is 0 Å². The fraction of sp³-hybridized carbons (Fsp3) is 0.467. The smallest absolute Gasteiger partial charge is 0.240 e. The van der Waals surface area contributed by atoms with E-state index in [4.69, 9.17) is 14.0 Å². The summed E-state index contributed by atoms with van der Waals surface area (Å²) in [5.41, 5.74) is 2.26. The molecule has 0 amide bonds. The molecule has 0 saturated heterocycles. The predicted octanol–water partition coefficient (Wildman–Crippen LogP) is 2.00. The number of nitrogens with one attached hydrogen (secondary N) is 1. The molecule has 112 valence electrons. The van der Waals surface area contributed by atoms with E-state index in [1.165, 1.54) is 5.56 Å². The number of nitrogens with zero attached hydrogens (tertiary/aromatic N) is 2. The van der Waals surface area contributed by atoms with Crippen LogP contribution >= 0.6 is 0 Å². The highest BCUT2D eigenvalue weighted by molar-refractivity contribution is 5.48. The van der Waals surface area contributed by atoms with E-state index in [0.29, 0.717) is 24.8 Å². The highest BCUT2D eigenvalue weighted by Gasteiger charge is 2.21. The zero-order valence-electron chi connectivity index (χ0n) is 12.5. The first-order chi connectivity index (χ1) is 10.2. The normalized spacial score (nSPS) is 16.6. The van der Waals surface area contributed by atoms with Gasteiger partial charge in [0.25, 0.3) is 0 Å². The second-order valence-corrected chi connectivity index (χ2v) is 5.24. The van der Waals surface area contributed by atoms with E-state index in [1.807, 2.05) is 6.07 Å². The van der Waals surface area contributed by atoms with E-state index in [-0.39, 0.29) is 6.10 Å². The lowest BCUT2D eigenvalue weighted by atomic mass is 10.1. The molecule has 0 saturated carbocycles. The molecule has 0 aliphatic carbocycles. The first kappa shape index (κ1) is 13.9. The summed E-state index contributed by atoms with van der Waals surface area (Å²) in [6, 6.07) is 4.11. The van der Waals surface area contributed by atoms with Crippen molar-refractivity contribution in [3.63, 3.8) is 0 Å². The van der Waals surface area contributed by atoms with Crippen molar-refractivity contribution >= 4 is 0 Å². The van der Waals surface area contributed by atoms with Crippen LogP contribution in [0.25, 0.3) is 0 Å². The van der Waals surface area contributed by atoms with Gasteiger partial charge in [0.15, 0.2) is 5.82 Å². The predicted molar refractivity (Wildman–Crippen MR) is 76.4 cm³/mol. The standard InChI is InChI=1S/C15H19N3O3/c1-9-4-11-5-13(19-3)12(6-14(11)20-9)7-16-8-15-17-10(2)18-21-15/h5-6,9,16H,4,7-8H2,1-3H3. The Hall–Kier alpha value is -2.08. The summed E-state index contributed by atoms with van der Waals surface area (Å²) in [6.07, 6.45) is 1.16. The number of aryl methyl sites for hydroxylation is 1. The highest BCUT2D eigenvalue weighted by atomic mass is 16.5. The molecule has 6 nitrogen and oxygen atoms in total. The molecule has 2 aromatic rings. The van der Waals surface area contributed by atoms with E-state index in [9.17, 15) is 0 Å². The molecule has 3 rings (SSSR count). The summed E-state index contributed by atoms with van der Waals surface area (Å²) < 4.78 is 16.3. The summed E-state index contributed by atoms with van der Waals surface area (Å²) in [7, 11) is 1.69. The summed E-state index contributed by atoms with van der Waals surface area (Å²) >= 11 is 0. The number of benzene rings is 1. The Balaban J connectivity index is 1.68. The lowest BCUT2D eigenvalue weighted by Gasteiger charge is -2.11. The Bertz CT molecular complexity index is 639. The van der Waals surface area contributed by atoms with Crippen LogP contribution in [0, 0.1) is 6.92 Å². The maximum atomic E-state index is 5.79. The van der Waals surface area contributed by atoms with Crippen LogP contribution in [0.3, 0.4) is 0 Å². The van der Waals surface area contributed by atoms with E-state index < -0.39 is 0 Å². The lowest BCUT2D eigenvalue weighted by Crippen LogP contribution is -2.13. The van der Waals surface area contributed by atoms with Crippen molar-refractivity contribution in [2.24, 2.45) is 0 Å². The lowest BCUT2D eigenvalue weighted by molar-refractivity contribution is 0.254. The Morgan fingerprint density at radius 1 is 1.38 bits per heavy atom. The van der Waals surface area contributed by atoms with Crippen molar-refractivity contribution in [1.82, 2.24) is 15.5 Å². The average molecular weight is 289 g/mol. The number of fused-ring (bicyclic) bond motifs is 1. The van der Waals surface area contributed by atoms with Gasteiger partial charge in [-0.15, -0.1) is 0 Å². The van der Waals surface area contributed by atoms with Crippen LogP contribution in [-0.2, 0) is 19.5 Å². The minimum atomic E-state index is 0.231. The van der Waals surface area contributed by atoms with Gasteiger partial charge in [-0.1, -0.05) is 5.16 Å². The van der Waals surface area contributed by atoms with Crippen LogP contribution in [-0.4, -0.2) is 23.4 Å². The summed E-state index contributed by atoms with van der Waals surface area (Å²) in [5, 5.41) is 7.04. The Labute approximate surface area is 123 Å². The van der Waals surface area contributed by atoms with Crippen molar-refractivity contribution in [2.75, 3.05) is 7.11 Å². The van der Waals surface area contributed by atoms with Crippen LogP contribution in [0.5, 0.6) is 11.5 Å². The van der Waals surface area contributed by atoms with Gasteiger partial charge in [-0.25, -0.2) is 0 Å². The molecule has 0 radical (unpaired) electrons. The van der Waals surface area contributed by atoms with Gasteiger partial charge in [-0.3, -0.25) is 0 Å². The molecule has 6 heteroatoms. The zero-order chi connectivity index (χ0) is 14.8. The quantitative estimate of drug-likeness (QED) is 0.908. The fourth-order valence-electron chi connectivity index (χ4n) is 2.53. The van der Waals surface area contributed by atoms with Crippen molar-refractivity contribution in [3.05, 3.63) is 35.0 Å². The molecular formula is C15H19N3O3. The maximum absolute atomic E-state index is 5.79. The fourth-order valence-corrected chi connectivity index (χ4v) is 2.53. The number of rotatable bonds is 5. The molecule has 1 atom stereocenters. The topological polar surface area (TPSA) is 69.4 Å². The third kappa shape index (κ3) is 3.00. The Morgan fingerprint density at radius 3 is 2.95 bits per heavy atom. The van der Waals surface area contributed by atoms with Crippen molar-refractivity contribution in [3.8, 4) is 11.5 Å². The molecule has 1 N–H and O–H groups in total. The third-order valence-electron chi connectivity index (χ3n) is 3.46. The van der Waals surface area contributed by atoms with Crippen LogP contribution in [0.15, 0.2) is 16.7 Å². The number of methoxy groups -OCH3 is 1. The Morgan fingerprint density at radius 2 is 2.24 bits per heavy atom. The summed E-state index contributed by atoms with van der Waals surface area (Å²) in [6.45, 7) is 5.05. The van der Waals surface area contributed by atoms with E-state index >= 15 is 0 Å². The van der Waals surface area contributed by atoms with E-state index in [1.54, 1.807) is 14.0 Å². The van der Waals surface area contributed by atoms with Crippen LogP contribution in [0.4, 0.5) is 0 Å². The molecule has 1 unspecified atom stereocenters. The second-order valence-electron chi connectivity index (χ2n) is 5.24. The van der Waals surface area contributed by atoms with Gasteiger partial charge < -0.3 is 19.3 Å². The van der Waals surface area contributed by atoms with Gasteiger partial charge in [-0.2, -0.15) is 4.98 Å². The van der Waals surface area contributed by atoms with Gasteiger partial charge in [-0.05, 0) is 26.0 Å². The van der Waals surface area contributed by atoms with Crippen molar-refractivity contribution in [2.45, 2.75) is 39.5 Å². The SMILES string of the molecule is COc1cc2c(cc1CNCc1nc(C)no1)OC(C)C2. The molecule has 0 spiro atoms. The molecule has 0 bridgehead atoms. The number of aromatic nitrogens is 2. The molecule has 1 aromatic heterocycles. The van der Waals surface area contributed by atoms with Crippen molar-refractivity contribution < 1.29 is 14.0 Å². The monoisotopic (exact) mass is 289 g/mol. The van der Waals surface area contributed by atoms with Gasteiger partial charge in [0.05, 0.1) is 13.7 Å². The van der Waals surface area contributed by atoms with Crippen LogP contribution < -0.4 is 14.8 Å². The first-order valence-electron chi connectivity index (χ1n) is 7.02. The van der Waals surface area contributed by atoms with Gasteiger partial charge in [0.2, 0.25) is 5.89 Å². The minimum absolute atomic E-state index is 0.231. The average Bonchev–Trinajstić information content (AvgIpc) is 3.02. The maximum Gasteiger partial charge on any atom is 0.240 e.